The molecule has 1 rings (SSSR count). The summed E-state index contributed by atoms with van der Waals surface area (Å²) in [5.74, 6) is 0. The molecular weight excluding hydrogens is 154 g/mol. The molecule has 1 aliphatic rings. The van der Waals surface area contributed by atoms with Crippen LogP contribution < -0.4 is 5.32 Å². The number of piperidine rings is 1. The first-order chi connectivity index (χ1) is 5.83. The summed E-state index contributed by atoms with van der Waals surface area (Å²) in [6.07, 6.45) is 3.43. The zero-order valence-corrected chi connectivity index (χ0v) is 7.64. The highest BCUT2D eigenvalue weighted by Gasteiger charge is 2.31. The maximum atomic E-state index is 10.5. The zero-order chi connectivity index (χ0) is 8.86. The minimum Gasteiger partial charge on any atom is -0.375 e. The molecule has 1 saturated heterocycles. The van der Waals surface area contributed by atoms with Crippen LogP contribution in [-0.4, -0.2) is 31.6 Å². The standard InChI is InChI=1S/C9H17NO2/c1-2-12-9(5-8-11)3-6-10-7-4-9/h8,10H,2-7H2,1H3. The van der Waals surface area contributed by atoms with Crippen LogP contribution in [0, 0.1) is 0 Å². The van der Waals surface area contributed by atoms with Gasteiger partial charge in [-0.3, -0.25) is 0 Å². The van der Waals surface area contributed by atoms with Crippen molar-refractivity contribution >= 4 is 6.29 Å². The van der Waals surface area contributed by atoms with Crippen molar-refractivity contribution in [1.29, 1.82) is 0 Å². The van der Waals surface area contributed by atoms with Crippen LogP contribution in [0.3, 0.4) is 0 Å². The van der Waals surface area contributed by atoms with Crippen LogP contribution in [0.1, 0.15) is 26.2 Å². The number of ether oxygens (including phenoxy) is 1. The molecule has 0 unspecified atom stereocenters. The monoisotopic (exact) mass is 171 g/mol. The van der Waals surface area contributed by atoms with Crippen LogP contribution in [0.15, 0.2) is 0 Å². The number of nitrogens with one attached hydrogen (secondary N) is 1. The fourth-order valence-corrected chi connectivity index (χ4v) is 1.75. The van der Waals surface area contributed by atoms with Gasteiger partial charge < -0.3 is 14.8 Å². The maximum Gasteiger partial charge on any atom is 0.122 e. The molecule has 0 aromatic carbocycles. The molecular formula is C9H17NO2. The SMILES string of the molecule is CCOC1(CC=O)CCNCC1. The van der Waals surface area contributed by atoms with Gasteiger partial charge >= 0.3 is 0 Å². The van der Waals surface area contributed by atoms with Crippen molar-refractivity contribution in [2.24, 2.45) is 0 Å². The van der Waals surface area contributed by atoms with Gasteiger partial charge in [-0.25, -0.2) is 0 Å². The summed E-state index contributed by atoms with van der Waals surface area (Å²) >= 11 is 0. The zero-order valence-electron chi connectivity index (χ0n) is 7.64. The second kappa shape index (κ2) is 4.58. The third-order valence-corrected chi connectivity index (χ3v) is 2.42. The first kappa shape index (κ1) is 9.68. The normalized spacial score (nSPS) is 22.1. The Kier molecular flexibility index (Phi) is 3.69. The highest BCUT2D eigenvalue weighted by molar-refractivity contribution is 5.51. The van der Waals surface area contributed by atoms with E-state index in [1.807, 2.05) is 6.92 Å². The Balaban J connectivity index is 2.49. The average Bonchev–Trinajstić information content (AvgIpc) is 2.07. The Morgan fingerprint density at radius 2 is 2.17 bits per heavy atom. The summed E-state index contributed by atoms with van der Waals surface area (Å²) in [7, 11) is 0. The topological polar surface area (TPSA) is 38.3 Å². The minimum atomic E-state index is -0.151. The Morgan fingerprint density at radius 3 is 2.67 bits per heavy atom. The predicted molar refractivity (Wildman–Crippen MR) is 47.1 cm³/mol. The van der Waals surface area contributed by atoms with Gasteiger partial charge in [0.25, 0.3) is 0 Å². The van der Waals surface area contributed by atoms with Crippen molar-refractivity contribution < 1.29 is 9.53 Å². The van der Waals surface area contributed by atoms with Crippen molar-refractivity contribution in [2.75, 3.05) is 19.7 Å². The first-order valence-corrected chi connectivity index (χ1v) is 4.61. The van der Waals surface area contributed by atoms with Crippen LogP contribution in [0.2, 0.25) is 0 Å². The summed E-state index contributed by atoms with van der Waals surface area (Å²) in [4.78, 5) is 10.5. The van der Waals surface area contributed by atoms with Gasteiger partial charge in [-0.15, -0.1) is 0 Å². The lowest BCUT2D eigenvalue weighted by Crippen LogP contribution is -2.44. The molecule has 0 aromatic heterocycles. The van der Waals surface area contributed by atoms with Crippen LogP contribution in [0.5, 0.6) is 0 Å². The molecule has 0 atom stereocenters. The molecule has 1 fully saturated rings. The lowest BCUT2D eigenvalue weighted by Gasteiger charge is -2.35. The Labute approximate surface area is 73.5 Å². The van der Waals surface area contributed by atoms with Crippen molar-refractivity contribution in [3.05, 3.63) is 0 Å². The number of hydrogen-bond donors (Lipinski definition) is 1. The highest BCUT2D eigenvalue weighted by Crippen LogP contribution is 2.25. The molecule has 0 bridgehead atoms. The molecule has 0 amide bonds. The molecule has 70 valence electrons. The molecule has 0 aliphatic carbocycles. The Hall–Kier alpha value is -0.410. The van der Waals surface area contributed by atoms with E-state index in [0.29, 0.717) is 13.0 Å². The minimum absolute atomic E-state index is 0.151. The van der Waals surface area contributed by atoms with Gasteiger partial charge in [-0.05, 0) is 32.9 Å². The van der Waals surface area contributed by atoms with Gasteiger partial charge in [-0.1, -0.05) is 0 Å². The molecule has 0 spiro atoms. The molecule has 12 heavy (non-hydrogen) atoms. The van der Waals surface area contributed by atoms with Crippen LogP contribution in [0.4, 0.5) is 0 Å². The third kappa shape index (κ3) is 2.29. The van der Waals surface area contributed by atoms with E-state index in [0.717, 1.165) is 32.2 Å². The quantitative estimate of drug-likeness (QED) is 0.634. The molecule has 3 heteroatoms. The van der Waals surface area contributed by atoms with E-state index in [-0.39, 0.29) is 5.60 Å². The van der Waals surface area contributed by atoms with Crippen molar-refractivity contribution in [3.63, 3.8) is 0 Å². The number of rotatable bonds is 4. The first-order valence-electron chi connectivity index (χ1n) is 4.61. The van der Waals surface area contributed by atoms with E-state index >= 15 is 0 Å². The van der Waals surface area contributed by atoms with Crippen molar-refractivity contribution in [2.45, 2.75) is 31.8 Å². The number of carbonyl (C=O) groups excluding carboxylic acids is 1. The summed E-state index contributed by atoms with van der Waals surface area (Å²) < 4.78 is 5.64. The lowest BCUT2D eigenvalue weighted by atomic mass is 9.89. The number of hydrogen-bond acceptors (Lipinski definition) is 3. The molecule has 3 nitrogen and oxygen atoms in total. The van der Waals surface area contributed by atoms with Crippen LogP contribution in [0.25, 0.3) is 0 Å². The van der Waals surface area contributed by atoms with Gasteiger partial charge in [0.2, 0.25) is 0 Å². The average molecular weight is 171 g/mol. The van der Waals surface area contributed by atoms with Gasteiger partial charge in [-0.2, -0.15) is 0 Å². The van der Waals surface area contributed by atoms with E-state index < -0.39 is 0 Å². The van der Waals surface area contributed by atoms with E-state index in [1.165, 1.54) is 0 Å². The molecule has 0 saturated carbocycles. The third-order valence-electron chi connectivity index (χ3n) is 2.42. The second-order valence-corrected chi connectivity index (χ2v) is 3.24. The number of aldehydes is 1. The molecule has 1 heterocycles. The van der Waals surface area contributed by atoms with Crippen molar-refractivity contribution in [1.82, 2.24) is 5.32 Å². The number of carbonyl (C=O) groups is 1. The second-order valence-electron chi connectivity index (χ2n) is 3.24. The summed E-state index contributed by atoms with van der Waals surface area (Å²) in [6, 6.07) is 0. The molecule has 0 radical (unpaired) electrons. The Morgan fingerprint density at radius 1 is 1.50 bits per heavy atom. The van der Waals surface area contributed by atoms with Gasteiger partial charge in [0.15, 0.2) is 0 Å². The van der Waals surface area contributed by atoms with E-state index in [1.54, 1.807) is 0 Å². The summed E-state index contributed by atoms with van der Waals surface area (Å²) in [6.45, 7) is 4.62. The van der Waals surface area contributed by atoms with Crippen molar-refractivity contribution in [3.8, 4) is 0 Å². The van der Waals surface area contributed by atoms with Crippen LogP contribution >= 0.6 is 0 Å². The van der Waals surface area contributed by atoms with E-state index in [4.69, 9.17) is 4.74 Å². The Bertz CT molecular complexity index is 136. The molecule has 1 N–H and O–H groups in total. The smallest absolute Gasteiger partial charge is 0.122 e. The van der Waals surface area contributed by atoms with E-state index in [2.05, 4.69) is 5.32 Å². The largest absolute Gasteiger partial charge is 0.375 e. The maximum absolute atomic E-state index is 10.5. The van der Waals surface area contributed by atoms with Crippen LogP contribution in [-0.2, 0) is 9.53 Å². The van der Waals surface area contributed by atoms with Gasteiger partial charge in [0.1, 0.15) is 6.29 Å². The van der Waals surface area contributed by atoms with Gasteiger partial charge in [0, 0.05) is 13.0 Å². The fraction of sp³-hybridized carbons (Fsp3) is 0.889. The molecule has 1 aliphatic heterocycles. The highest BCUT2D eigenvalue weighted by atomic mass is 16.5. The van der Waals surface area contributed by atoms with E-state index in [9.17, 15) is 4.79 Å². The summed E-state index contributed by atoms with van der Waals surface area (Å²) in [5, 5.41) is 3.26. The predicted octanol–water partition coefficient (Wildman–Crippen LogP) is 0.734. The molecule has 0 aromatic rings. The lowest BCUT2D eigenvalue weighted by molar-refractivity contribution is -0.118. The van der Waals surface area contributed by atoms with Gasteiger partial charge in [0.05, 0.1) is 5.60 Å². The summed E-state index contributed by atoms with van der Waals surface area (Å²) in [5.41, 5.74) is -0.151. The fourth-order valence-electron chi connectivity index (χ4n) is 1.75.